The second-order valence-corrected chi connectivity index (χ2v) is 7.85. The van der Waals surface area contributed by atoms with E-state index in [-0.39, 0.29) is 16.6 Å². The lowest BCUT2D eigenvalue weighted by Crippen LogP contribution is -2.69. The Labute approximate surface area is 131 Å². The van der Waals surface area contributed by atoms with Gasteiger partial charge in [0.2, 0.25) is 0 Å². The van der Waals surface area contributed by atoms with Gasteiger partial charge in [0.1, 0.15) is 4.99 Å². The quantitative estimate of drug-likeness (QED) is 0.762. The van der Waals surface area contributed by atoms with Gasteiger partial charge in [-0.3, -0.25) is 4.90 Å². The van der Waals surface area contributed by atoms with Gasteiger partial charge < -0.3 is 10.6 Å². The number of piperidine rings is 1. The Morgan fingerprint density at radius 1 is 1.20 bits per heavy atom. The van der Waals surface area contributed by atoms with E-state index in [9.17, 15) is 0 Å². The predicted molar refractivity (Wildman–Crippen MR) is 88.5 cm³/mol. The highest BCUT2D eigenvalue weighted by molar-refractivity contribution is 7.82. The fourth-order valence-corrected chi connectivity index (χ4v) is 4.75. The number of nitriles is 1. The van der Waals surface area contributed by atoms with Gasteiger partial charge in [0.25, 0.3) is 0 Å². The number of nitrogens with one attached hydrogen (secondary N) is 2. The number of rotatable bonds is 2. The van der Waals surface area contributed by atoms with Gasteiger partial charge in [-0.1, -0.05) is 12.2 Å². The molecule has 0 atom stereocenters. The summed E-state index contributed by atoms with van der Waals surface area (Å²) in [6.07, 6.45) is 2.33. The van der Waals surface area contributed by atoms with E-state index in [4.69, 9.17) is 29.7 Å². The Kier molecular flexibility index (Phi) is 3.83. The van der Waals surface area contributed by atoms with Crippen molar-refractivity contribution in [1.82, 2.24) is 15.5 Å². The average molecular weight is 310 g/mol. The third-order valence-electron chi connectivity index (χ3n) is 4.39. The van der Waals surface area contributed by atoms with Crippen molar-refractivity contribution in [3.8, 4) is 6.07 Å². The first-order chi connectivity index (χ1) is 9.13. The number of hydrogen-bond acceptors (Lipinski definition) is 4. The highest BCUT2D eigenvalue weighted by atomic mass is 32.1. The summed E-state index contributed by atoms with van der Waals surface area (Å²) in [5.74, 6) is 0. The Bertz CT molecular complexity index is 472. The summed E-state index contributed by atoms with van der Waals surface area (Å²) >= 11 is 10.8. The van der Waals surface area contributed by atoms with E-state index in [0.717, 1.165) is 24.4 Å². The molecule has 0 bridgehead atoms. The molecule has 20 heavy (non-hydrogen) atoms. The molecule has 2 rings (SSSR count). The minimum absolute atomic E-state index is 0.0444. The maximum atomic E-state index is 8.88. The molecule has 2 aliphatic rings. The Hall–Kier alpha value is -0.770. The molecule has 2 aliphatic heterocycles. The fraction of sp³-hybridized carbons (Fsp3) is 0.786. The van der Waals surface area contributed by atoms with Gasteiger partial charge in [0.15, 0.2) is 5.11 Å². The average Bonchev–Trinajstić information content (AvgIpc) is 2.49. The van der Waals surface area contributed by atoms with E-state index in [1.807, 2.05) is 0 Å². The SMILES string of the molecule is CC1(C)CC2(CC(C)(C)N1CCC#N)NC(=S)NC2=S. The lowest BCUT2D eigenvalue weighted by atomic mass is 9.69. The Morgan fingerprint density at radius 2 is 1.75 bits per heavy atom. The van der Waals surface area contributed by atoms with E-state index in [2.05, 4.69) is 49.3 Å². The fourth-order valence-electron chi connectivity index (χ4n) is 4.09. The van der Waals surface area contributed by atoms with Crippen LogP contribution in [0.2, 0.25) is 0 Å². The lowest BCUT2D eigenvalue weighted by molar-refractivity contribution is -0.0464. The van der Waals surface area contributed by atoms with Crippen molar-refractivity contribution in [3.05, 3.63) is 0 Å². The molecule has 0 unspecified atom stereocenters. The smallest absolute Gasteiger partial charge is 0.172 e. The van der Waals surface area contributed by atoms with Crippen molar-refractivity contribution < 1.29 is 0 Å². The zero-order valence-electron chi connectivity index (χ0n) is 12.5. The van der Waals surface area contributed by atoms with Gasteiger partial charge in [0, 0.05) is 24.0 Å². The first kappa shape index (κ1) is 15.6. The number of thiocarbonyl (C=S) groups is 2. The second-order valence-electron chi connectivity index (χ2n) is 7.03. The van der Waals surface area contributed by atoms with Crippen molar-refractivity contribution in [2.75, 3.05) is 6.54 Å². The van der Waals surface area contributed by atoms with Crippen LogP contribution >= 0.6 is 24.4 Å². The van der Waals surface area contributed by atoms with Gasteiger partial charge in [-0.25, -0.2) is 0 Å². The first-order valence-electron chi connectivity index (χ1n) is 6.91. The molecular formula is C14H22N4S2. The molecule has 110 valence electrons. The van der Waals surface area contributed by atoms with E-state index in [0.29, 0.717) is 11.5 Å². The summed E-state index contributed by atoms with van der Waals surface area (Å²) in [4.78, 5) is 3.24. The maximum Gasteiger partial charge on any atom is 0.172 e. The van der Waals surface area contributed by atoms with E-state index in [1.54, 1.807) is 0 Å². The number of nitrogens with zero attached hydrogens (tertiary/aromatic N) is 2. The van der Waals surface area contributed by atoms with Gasteiger partial charge in [-0.05, 0) is 52.8 Å². The molecule has 1 spiro atoms. The van der Waals surface area contributed by atoms with Crippen molar-refractivity contribution in [2.24, 2.45) is 0 Å². The molecule has 2 N–H and O–H groups in total. The van der Waals surface area contributed by atoms with Crippen LogP contribution in [-0.4, -0.2) is 38.2 Å². The topological polar surface area (TPSA) is 51.1 Å². The Balaban J connectivity index is 2.33. The third-order valence-corrected chi connectivity index (χ3v) is 5.09. The van der Waals surface area contributed by atoms with Crippen LogP contribution in [0.15, 0.2) is 0 Å². The summed E-state index contributed by atoms with van der Waals surface area (Å²) in [6, 6.07) is 2.25. The summed E-state index contributed by atoms with van der Waals surface area (Å²) in [5.41, 5.74) is -0.336. The van der Waals surface area contributed by atoms with Crippen LogP contribution in [0.1, 0.15) is 47.0 Å². The van der Waals surface area contributed by atoms with Crippen LogP contribution < -0.4 is 10.6 Å². The molecule has 0 aromatic carbocycles. The molecule has 0 amide bonds. The molecule has 0 aliphatic carbocycles. The van der Waals surface area contributed by atoms with Crippen molar-refractivity contribution in [3.63, 3.8) is 0 Å². The molecule has 4 nitrogen and oxygen atoms in total. The predicted octanol–water partition coefficient (Wildman–Crippen LogP) is 2.10. The summed E-state index contributed by atoms with van der Waals surface area (Å²) < 4.78 is 0. The number of hydrogen-bond donors (Lipinski definition) is 2. The minimum Gasteiger partial charge on any atom is -0.350 e. The highest BCUT2D eigenvalue weighted by Gasteiger charge is 2.56. The summed E-state index contributed by atoms with van der Waals surface area (Å²) in [5, 5.41) is 16.0. The van der Waals surface area contributed by atoms with Crippen LogP contribution in [0.5, 0.6) is 0 Å². The largest absolute Gasteiger partial charge is 0.350 e. The van der Waals surface area contributed by atoms with Gasteiger partial charge in [-0.2, -0.15) is 5.26 Å². The van der Waals surface area contributed by atoms with Gasteiger partial charge >= 0.3 is 0 Å². The normalized spacial score (nSPS) is 26.9. The van der Waals surface area contributed by atoms with Crippen LogP contribution in [-0.2, 0) is 0 Å². The minimum atomic E-state index is -0.247. The molecule has 0 aromatic rings. The van der Waals surface area contributed by atoms with Crippen molar-refractivity contribution in [2.45, 2.75) is 63.6 Å². The first-order valence-corrected chi connectivity index (χ1v) is 7.73. The van der Waals surface area contributed by atoms with E-state index < -0.39 is 0 Å². The monoisotopic (exact) mass is 310 g/mol. The van der Waals surface area contributed by atoms with Gasteiger partial charge in [0.05, 0.1) is 11.6 Å². The molecule has 0 saturated carbocycles. The standard InChI is InChI=1S/C14H22N4S2/c1-12(2)8-14(10(19)16-11(20)17-14)9-13(3,4)18(12)7-5-6-15/h5,7-9H2,1-4H3,(H2,16,17,19,20). The lowest BCUT2D eigenvalue weighted by Gasteiger charge is -2.58. The summed E-state index contributed by atoms with van der Waals surface area (Å²) in [6.45, 7) is 9.67. The van der Waals surface area contributed by atoms with E-state index >= 15 is 0 Å². The summed E-state index contributed by atoms with van der Waals surface area (Å²) in [7, 11) is 0. The number of likely N-dealkylation sites (tertiary alicyclic amines) is 1. The molecule has 2 saturated heterocycles. The molecule has 6 heteroatoms. The van der Waals surface area contributed by atoms with Crippen molar-refractivity contribution >= 4 is 34.5 Å². The molecular weight excluding hydrogens is 288 g/mol. The molecule has 0 aromatic heterocycles. The van der Waals surface area contributed by atoms with Crippen molar-refractivity contribution in [1.29, 1.82) is 5.26 Å². The maximum absolute atomic E-state index is 8.88. The molecule has 0 radical (unpaired) electrons. The Morgan fingerprint density at radius 3 is 2.15 bits per heavy atom. The molecule has 2 heterocycles. The second kappa shape index (κ2) is 4.90. The zero-order valence-corrected chi connectivity index (χ0v) is 14.2. The van der Waals surface area contributed by atoms with Crippen LogP contribution in [0.25, 0.3) is 0 Å². The van der Waals surface area contributed by atoms with Gasteiger partial charge in [-0.15, -0.1) is 0 Å². The van der Waals surface area contributed by atoms with Crippen LogP contribution in [0, 0.1) is 11.3 Å². The van der Waals surface area contributed by atoms with E-state index in [1.165, 1.54) is 0 Å². The highest BCUT2D eigenvalue weighted by Crippen LogP contribution is 2.44. The molecule has 2 fully saturated rings. The van der Waals surface area contributed by atoms with Crippen LogP contribution in [0.3, 0.4) is 0 Å². The zero-order chi connectivity index (χ0) is 15.2. The van der Waals surface area contributed by atoms with Crippen LogP contribution in [0.4, 0.5) is 0 Å². The third kappa shape index (κ3) is 2.54.